The van der Waals surface area contributed by atoms with Crippen LogP contribution in [0.4, 0.5) is 11.8 Å². The molecule has 5 rings (SSSR count). The Labute approximate surface area is 160 Å². The molecule has 0 bridgehead atoms. The van der Waals surface area contributed by atoms with E-state index < -0.39 is 0 Å². The zero-order valence-corrected chi connectivity index (χ0v) is 15.6. The maximum absolute atomic E-state index is 5.60. The minimum atomic E-state index is -0.0827. The van der Waals surface area contributed by atoms with E-state index in [2.05, 4.69) is 35.6 Å². The first-order valence-corrected chi connectivity index (χ1v) is 8.99. The predicted molar refractivity (Wildman–Crippen MR) is 101 cm³/mol. The molecule has 28 heavy (non-hydrogen) atoms. The van der Waals surface area contributed by atoms with Crippen LogP contribution < -0.4 is 5.32 Å². The highest BCUT2D eigenvalue weighted by Crippen LogP contribution is 2.41. The van der Waals surface area contributed by atoms with Crippen LogP contribution in [0.1, 0.15) is 18.7 Å². The van der Waals surface area contributed by atoms with Crippen LogP contribution in [0.3, 0.4) is 0 Å². The molecule has 142 valence electrons. The highest BCUT2D eigenvalue weighted by Gasteiger charge is 2.44. The molecule has 0 atom stereocenters. The van der Waals surface area contributed by atoms with Gasteiger partial charge in [-0.1, -0.05) is 0 Å². The van der Waals surface area contributed by atoms with E-state index >= 15 is 0 Å². The molecule has 0 unspecified atom stereocenters. The molecule has 1 aliphatic carbocycles. The molecule has 4 heterocycles. The van der Waals surface area contributed by atoms with Crippen LogP contribution >= 0.6 is 0 Å². The van der Waals surface area contributed by atoms with Gasteiger partial charge in [-0.05, 0) is 18.9 Å². The molecule has 10 nitrogen and oxygen atoms in total. The van der Waals surface area contributed by atoms with Crippen LogP contribution in [0, 0.1) is 0 Å². The average Bonchev–Trinajstić information content (AvgIpc) is 3.22. The van der Waals surface area contributed by atoms with Crippen molar-refractivity contribution >= 4 is 17.4 Å². The van der Waals surface area contributed by atoms with Crippen molar-refractivity contribution in [3.8, 4) is 11.4 Å². The van der Waals surface area contributed by atoms with Gasteiger partial charge >= 0.3 is 0 Å². The molecule has 1 fully saturated rings. The summed E-state index contributed by atoms with van der Waals surface area (Å²) >= 11 is 0. The van der Waals surface area contributed by atoms with Crippen molar-refractivity contribution in [3.63, 3.8) is 0 Å². The predicted octanol–water partition coefficient (Wildman–Crippen LogP) is 1.78. The van der Waals surface area contributed by atoms with Gasteiger partial charge in [0.2, 0.25) is 5.95 Å². The van der Waals surface area contributed by atoms with Crippen LogP contribution in [0.5, 0.6) is 0 Å². The fraction of sp³-hybridized carbons (Fsp3) is 0.333. The SMILES string of the molecule is COC1(Cc2nnc3cc(-c4ccnc(Nc5ccnn5C)n4)ncn23)CC1. The van der Waals surface area contributed by atoms with Crippen molar-refractivity contribution in [1.82, 2.24) is 39.3 Å². The van der Waals surface area contributed by atoms with Crippen LogP contribution in [0.25, 0.3) is 17.0 Å². The lowest BCUT2D eigenvalue weighted by atomic mass is 10.2. The third kappa shape index (κ3) is 2.97. The summed E-state index contributed by atoms with van der Waals surface area (Å²) in [7, 11) is 3.60. The monoisotopic (exact) mass is 377 g/mol. The number of nitrogens with one attached hydrogen (secondary N) is 1. The number of anilines is 2. The summed E-state index contributed by atoms with van der Waals surface area (Å²) < 4.78 is 9.21. The minimum absolute atomic E-state index is 0.0827. The smallest absolute Gasteiger partial charge is 0.228 e. The molecule has 0 amide bonds. The van der Waals surface area contributed by atoms with Gasteiger partial charge in [-0.3, -0.25) is 9.08 Å². The Balaban J connectivity index is 1.43. The van der Waals surface area contributed by atoms with Gasteiger partial charge in [0.1, 0.15) is 18.0 Å². The zero-order valence-electron chi connectivity index (χ0n) is 15.6. The molecule has 4 aromatic heterocycles. The first-order valence-electron chi connectivity index (χ1n) is 8.99. The fourth-order valence-electron chi connectivity index (χ4n) is 3.16. The van der Waals surface area contributed by atoms with E-state index in [1.165, 1.54) is 0 Å². The fourth-order valence-corrected chi connectivity index (χ4v) is 3.16. The summed E-state index contributed by atoms with van der Waals surface area (Å²) in [6, 6.07) is 5.54. The normalized spacial score (nSPS) is 15.1. The van der Waals surface area contributed by atoms with E-state index in [-0.39, 0.29) is 5.60 Å². The van der Waals surface area contributed by atoms with Crippen molar-refractivity contribution in [1.29, 1.82) is 0 Å². The standard InChI is InChI=1S/C18H19N9O/c1-26-14(4-8-21-26)23-17-19-7-3-12(22-17)13-9-15-24-25-16(27(15)11-20-13)10-18(28-2)5-6-18/h3-4,7-9,11H,5-6,10H2,1-2H3,(H,19,22,23). The molecule has 0 spiro atoms. The first kappa shape index (κ1) is 16.8. The van der Waals surface area contributed by atoms with Gasteiger partial charge in [0, 0.05) is 38.9 Å². The highest BCUT2D eigenvalue weighted by molar-refractivity contribution is 5.61. The molecule has 0 radical (unpaired) electrons. The van der Waals surface area contributed by atoms with E-state index in [0.717, 1.165) is 36.6 Å². The largest absolute Gasteiger partial charge is 0.378 e. The third-order valence-corrected chi connectivity index (χ3v) is 5.07. The Kier molecular flexibility index (Phi) is 3.79. The Morgan fingerprint density at radius 3 is 2.79 bits per heavy atom. The number of fused-ring (bicyclic) bond motifs is 1. The Hall–Kier alpha value is -3.40. The molecule has 4 aromatic rings. The van der Waals surface area contributed by atoms with Gasteiger partial charge in [-0.15, -0.1) is 10.2 Å². The average molecular weight is 377 g/mol. The Morgan fingerprint density at radius 1 is 1.14 bits per heavy atom. The third-order valence-electron chi connectivity index (χ3n) is 5.07. The second-order valence-corrected chi connectivity index (χ2v) is 6.91. The van der Waals surface area contributed by atoms with E-state index in [9.17, 15) is 0 Å². The zero-order chi connectivity index (χ0) is 19.1. The number of nitrogens with zero attached hydrogens (tertiary/aromatic N) is 8. The lowest BCUT2D eigenvalue weighted by Gasteiger charge is -2.11. The van der Waals surface area contributed by atoms with Crippen LogP contribution in [0.2, 0.25) is 0 Å². The summed E-state index contributed by atoms with van der Waals surface area (Å²) in [5.41, 5.74) is 2.05. The molecule has 1 aliphatic rings. The minimum Gasteiger partial charge on any atom is -0.378 e. The first-order chi connectivity index (χ1) is 13.7. The Morgan fingerprint density at radius 2 is 2.04 bits per heavy atom. The number of hydrogen-bond acceptors (Lipinski definition) is 8. The molecular formula is C18H19N9O. The molecule has 1 saturated carbocycles. The second-order valence-electron chi connectivity index (χ2n) is 6.91. The second kappa shape index (κ2) is 6.34. The number of rotatable bonds is 6. The van der Waals surface area contributed by atoms with Gasteiger partial charge in [0.15, 0.2) is 5.65 Å². The van der Waals surface area contributed by atoms with Gasteiger partial charge < -0.3 is 10.1 Å². The van der Waals surface area contributed by atoms with E-state index in [0.29, 0.717) is 17.3 Å². The van der Waals surface area contributed by atoms with E-state index in [4.69, 9.17) is 4.74 Å². The quantitative estimate of drug-likeness (QED) is 0.542. The summed E-state index contributed by atoms with van der Waals surface area (Å²) in [5, 5.41) is 15.9. The maximum Gasteiger partial charge on any atom is 0.228 e. The Bertz CT molecular complexity index is 1140. The molecule has 0 aromatic carbocycles. The summed E-state index contributed by atoms with van der Waals surface area (Å²) in [6.45, 7) is 0. The van der Waals surface area contributed by atoms with Crippen molar-refractivity contribution in [2.45, 2.75) is 24.9 Å². The van der Waals surface area contributed by atoms with Crippen LogP contribution in [0.15, 0.2) is 36.9 Å². The highest BCUT2D eigenvalue weighted by atomic mass is 16.5. The number of ether oxygens (including phenoxy) is 1. The van der Waals surface area contributed by atoms with Crippen molar-refractivity contribution in [2.24, 2.45) is 7.05 Å². The van der Waals surface area contributed by atoms with Gasteiger partial charge in [0.05, 0.1) is 23.2 Å². The molecular weight excluding hydrogens is 358 g/mol. The van der Waals surface area contributed by atoms with Gasteiger partial charge in [0.25, 0.3) is 0 Å². The summed E-state index contributed by atoms with van der Waals surface area (Å²) in [4.78, 5) is 13.4. The number of aromatic nitrogens is 8. The van der Waals surface area contributed by atoms with Crippen molar-refractivity contribution in [3.05, 3.63) is 42.7 Å². The van der Waals surface area contributed by atoms with Gasteiger partial charge in [-0.25, -0.2) is 15.0 Å². The number of methoxy groups -OCH3 is 1. The number of hydrogen-bond donors (Lipinski definition) is 1. The van der Waals surface area contributed by atoms with Crippen molar-refractivity contribution < 1.29 is 4.74 Å². The van der Waals surface area contributed by atoms with E-state index in [1.807, 2.05) is 29.6 Å². The summed E-state index contributed by atoms with van der Waals surface area (Å²) in [5.74, 6) is 2.13. The van der Waals surface area contributed by atoms with Gasteiger partial charge in [-0.2, -0.15) is 5.10 Å². The van der Waals surface area contributed by atoms with Crippen molar-refractivity contribution in [2.75, 3.05) is 12.4 Å². The topological polar surface area (TPSA) is 108 Å². The number of aryl methyl sites for hydroxylation is 1. The molecule has 0 aliphatic heterocycles. The van der Waals surface area contributed by atoms with Crippen LogP contribution in [-0.2, 0) is 18.2 Å². The summed E-state index contributed by atoms with van der Waals surface area (Å²) in [6.07, 6.45) is 7.98. The molecule has 1 N–H and O–H groups in total. The lowest BCUT2D eigenvalue weighted by Crippen LogP contribution is -2.17. The lowest BCUT2D eigenvalue weighted by molar-refractivity contribution is 0.0788. The van der Waals surface area contributed by atoms with E-state index in [1.54, 1.807) is 30.5 Å². The van der Waals surface area contributed by atoms with Crippen LogP contribution in [-0.4, -0.2) is 52.0 Å². The molecule has 0 saturated heterocycles. The maximum atomic E-state index is 5.60. The molecule has 10 heteroatoms.